The van der Waals surface area contributed by atoms with Crippen LogP contribution in [0.3, 0.4) is 0 Å². The normalized spacial score (nSPS) is 21.2. The van der Waals surface area contributed by atoms with Crippen LogP contribution in [0, 0.1) is 6.92 Å². The monoisotopic (exact) mass is 294 g/mol. The van der Waals surface area contributed by atoms with Gasteiger partial charge in [-0.2, -0.15) is 0 Å². The summed E-state index contributed by atoms with van der Waals surface area (Å²) < 4.78 is 11.0. The Morgan fingerprint density at radius 1 is 1.52 bits per heavy atom. The Hall–Kier alpha value is -1.14. The number of morpholine rings is 1. The Kier molecular flexibility index (Phi) is 5.99. The van der Waals surface area contributed by atoms with Gasteiger partial charge in [0.2, 0.25) is 0 Å². The molecule has 1 fully saturated rings. The lowest BCUT2D eigenvalue weighted by molar-refractivity contribution is -0.0191. The molecule has 1 aromatic carbocycles. The first-order chi connectivity index (χ1) is 10.1. The van der Waals surface area contributed by atoms with E-state index >= 15 is 0 Å². The minimum absolute atomic E-state index is 0.190. The predicted octanol–water partition coefficient (Wildman–Crippen LogP) is 0.957. The highest BCUT2D eigenvalue weighted by Crippen LogP contribution is 2.25. The van der Waals surface area contributed by atoms with E-state index in [1.807, 2.05) is 25.1 Å². The minimum atomic E-state index is -0.582. The molecule has 2 N–H and O–H groups in total. The molecule has 1 aliphatic rings. The summed E-state index contributed by atoms with van der Waals surface area (Å²) in [7, 11) is 3.72. The minimum Gasteiger partial charge on any atom is -0.496 e. The lowest BCUT2D eigenvalue weighted by atomic mass is 10.1. The fourth-order valence-electron chi connectivity index (χ4n) is 2.60. The summed E-state index contributed by atoms with van der Waals surface area (Å²) in [5.41, 5.74) is 1.94. The topological polar surface area (TPSA) is 54.0 Å². The second-order valence-corrected chi connectivity index (χ2v) is 5.67. The third-order valence-corrected chi connectivity index (χ3v) is 3.80. The molecule has 2 atom stereocenters. The molecule has 5 heteroatoms. The summed E-state index contributed by atoms with van der Waals surface area (Å²) in [5.74, 6) is 0.726. The van der Waals surface area contributed by atoms with E-state index in [9.17, 15) is 5.11 Å². The Bertz CT molecular complexity index is 453. The van der Waals surface area contributed by atoms with Gasteiger partial charge in [-0.25, -0.2) is 0 Å². The molecule has 21 heavy (non-hydrogen) atoms. The van der Waals surface area contributed by atoms with Gasteiger partial charge in [-0.05, 0) is 26.1 Å². The fourth-order valence-corrected chi connectivity index (χ4v) is 2.60. The van der Waals surface area contributed by atoms with Crippen LogP contribution in [0.5, 0.6) is 5.75 Å². The average molecular weight is 294 g/mol. The number of methoxy groups -OCH3 is 1. The number of hydrogen-bond acceptors (Lipinski definition) is 5. The van der Waals surface area contributed by atoms with E-state index in [-0.39, 0.29) is 6.10 Å². The van der Waals surface area contributed by atoms with Crippen molar-refractivity contribution >= 4 is 0 Å². The molecule has 2 rings (SSSR count). The van der Waals surface area contributed by atoms with E-state index in [0.717, 1.165) is 43.1 Å². The van der Waals surface area contributed by atoms with Crippen molar-refractivity contribution in [2.45, 2.75) is 19.1 Å². The number of nitrogens with zero attached hydrogens (tertiary/aromatic N) is 1. The second-order valence-electron chi connectivity index (χ2n) is 5.67. The Balaban J connectivity index is 1.84. The average Bonchev–Trinajstić information content (AvgIpc) is 2.47. The molecule has 1 aromatic rings. The summed E-state index contributed by atoms with van der Waals surface area (Å²) in [5, 5.41) is 13.6. The van der Waals surface area contributed by atoms with Crippen LogP contribution in [0.1, 0.15) is 17.2 Å². The summed E-state index contributed by atoms with van der Waals surface area (Å²) in [6.07, 6.45) is -0.392. The van der Waals surface area contributed by atoms with Crippen LogP contribution in [0.4, 0.5) is 0 Å². The zero-order chi connectivity index (χ0) is 15.2. The van der Waals surface area contributed by atoms with Crippen molar-refractivity contribution in [1.29, 1.82) is 0 Å². The molecular weight excluding hydrogens is 268 g/mol. The van der Waals surface area contributed by atoms with Crippen molar-refractivity contribution in [3.8, 4) is 5.75 Å². The van der Waals surface area contributed by atoms with Crippen molar-refractivity contribution in [3.05, 3.63) is 29.3 Å². The number of benzene rings is 1. The molecule has 1 aliphatic heterocycles. The van der Waals surface area contributed by atoms with Gasteiger partial charge in [0, 0.05) is 31.7 Å². The lowest BCUT2D eigenvalue weighted by Gasteiger charge is -2.30. The van der Waals surface area contributed by atoms with Crippen molar-refractivity contribution in [2.24, 2.45) is 0 Å². The largest absolute Gasteiger partial charge is 0.496 e. The van der Waals surface area contributed by atoms with E-state index in [1.165, 1.54) is 0 Å². The summed E-state index contributed by atoms with van der Waals surface area (Å²) in [6.45, 7) is 5.93. The smallest absolute Gasteiger partial charge is 0.124 e. The third-order valence-electron chi connectivity index (χ3n) is 3.80. The van der Waals surface area contributed by atoms with E-state index in [4.69, 9.17) is 9.47 Å². The Morgan fingerprint density at radius 3 is 3.05 bits per heavy atom. The number of aliphatic hydroxyl groups is 1. The molecule has 1 heterocycles. The highest BCUT2D eigenvalue weighted by atomic mass is 16.5. The number of aryl methyl sites for hydroxylation is 1. The van der Waals surface area contributed by atoms with Crippen LogP contribution in [-0.2, 0) is 4.74 Å². The van der Waals surface area contributed by atoms with Crippen LogP contribution < -0.4 is 10.1 Å². The Morgan fingerprint density at radius 2 is 2.33 bits per heavy atom. The number of nitrogens with one attached hydrogen (secondary N) is 1. The molecule has 0 saturated carbocycles. The summed E-state index contributed by atoms with van der Waals surface area (Å²) in [6, 6.07) is 5.84. The molecule has 0 radical (unpaired) electrons. The van der Waals surface area contributed by atoms with Gasteiger partial charge in [0.25, 0.3) is 0 Å². The molecule has 5 nitrogen and oxygen atoms in total. The summed E-state index contributed by atoms with van der Waals surface area (Å²) >= 11 is 0. The number of likely N-dealkylation sites (N-methyl/N-ethyl adjacent to an activating group) is 1. The maximum atomic E-state index is 10.3. The van der Waals surface area contributed by atoms with E-state index in [1.54, 1.807) is 7.11 Å². The van der Waals surface area contributed by atoms with Gasteiger partial charge >= 0.3 is 0 Å². The van der Waals surface area contributed by atoms with Crippen molar-refractivity contribution in [3.63, 3.8) is 0 Å². The van der Waals surface area contributed by atoms with Gasteiger partial charge in [-0.1, -0.05) is 11.6 Å². The first-order valence-electron chi connectivity index (χ1n) is 7.43. The molecule has 118 valence electrons. The van der Waals surface area contributed by atoms with Gasteiger partial charge in [0.15, 0.2) is 0 Å². The SMILES string of the molecule is COc1ccc(C)cc1C(O)CNCC1CN(C)CCO1. The highest BCUT2D eigenvalue weighted by Gasteiger charge is 2.18. The molecule has 2 unspecified atom stereocenters. The third kappa shape index (κ3) is 4.68. The second kappa shape index (κ2) is 7.75. The van der Waals surface area contributed by atoms with Gasteiger partial charge < -0.3 is 24.8 Å². The molecule has 0 aromatic heterocycles. The Labute approximate surface area is 126 Å². The first kappa shape index (κ1) is 16.2. The van der Waals surface area contributed by atoms with Crippen LogP contribution in [0.25, 0.3) is 0 Å². The van der Waals surface area contributed by atoms with E-state index < -0.39 is 6.10 Å². The fraction of sp³-hybridized carbons (Fsp3) is 0.625. The van der Waals surface area contributed by atoms with Crippen molar-refractivity contribution < 1.29 is 14.6 Å². The highest BCUT2D eigenvalue weighted by molar-refractivity contribution is 5.38. The zero-order valence-electron chi connectivity index (χ0n) is 13.1. The molecule has 0 spiro atoms. The van der Waals surface area contributed by atoms with Gasteiger partial charge in [0.1, 0.15) is 5.75 Å². The lowest BCUT2D eigenvalue weighted by Crippen LogP contribution is -2.45. The molecule has 0 aliphatic carbocycles. The standard InChI is InChI=1S/C16H26N2O3/c1-12-4-5-16(20-3)14(8-12)15(19)10-17-9-13-11-18(2)6-7-21-13/h4-5,8,13,15,17,19H,6-7,9-11H2,1-3H3. The number of aliphatic hydroxyl groups excluding tert-OH is 1. The van der Waals surface area contributed by atoms with Gasteiger partial charge in [-0.3, -0.25) is 0 Å². The molecular formula is C16H26N2O3. The molecule has 0 bridgehead atoms. The van der Waals surface area contributed by atoms with E-state index in [2.05, 4.69) is 17.3 Å². The van der Waals surface area contributed by atoms with Gasteiger partial charge in [0.05, 0.1) is 25.9 Å². The molecule has 1 saturated heterocycles. The molecule has 0 amide bonds. The van der Waals surface area contributed by atoms with Gasteiger partial charge in [-0.15, -0.1) is 0 Å². The number of rotatable bonds is 6. The zero-order valence-corrected chi connectivity index (χ0v) is 13.1. The first-order valence-corrected chi connectivity index (χ1v) is 7.43. The van der Waals surface area contributed by atoms with Crippen LogP contribution in [-0.4, -0.2) is 63.1 Å². The maximum absolute atomic E-state index is 10.3. The van der Waals surface area contributed by atoms with Crippen molar-refractivity contribution in [1.82, 2.24) is 10.2 Å². The van der Waals surface area contributed by atoms with Crippen LogP contribution >= 0.6 is 0 Å². The number of ether oxygens (including phenoxy) is 2. The summed E-state index contributed by atoms with van der Waals surface area (Å²) in [4.78, 5) is 2.26. The maximum Gasteiger partial charge on any atom is 0.124 e. The predicted molar refractivity (Wildman–Crippen MR) is 82.8 cm³/mol. The van der Waals surface area contributed by atoms with Crippen LogP contribution in [0.2, 0.25) is 0 Å². The quantitative estimate of drug-likeness (QED) is 0.818. The van der Waals surface area contributed by atoms with E-state index in [0.29, 0.717) is 6.54 Å². The van der Waals surface area contributed by atoms with Crippen molar-refractivity contribution in [2.75, 3.05) is 46.9 Å². The number of hydrogen-bond donors (Lipinski definition) is 2. The van der Waals surface area contributed by atoms with Crippen LogP contribution in [0.15, 0.2) is 18.2 Å².